The lowest BCUT2D eigenvalue weighted by Gasteiger charge is -2.12. The molecule has 106 valence electrons. The van der Waals surface area contributed by atoms with Crippen LogP contribution in [0, 0.1) is 18.6 Å². The molecule has 0 aliphatic carbocycles. The van der Waals surface area contributed by atoms with Gasteiger partial charge in [-0.25, -0.2) is 8.78 Å². The lowest BCUT2D eigenvalue weighted by atomic mass is 10.1. The fourth-order valence-corrected chi connectivity index (χ4v) is 2.19. The van der Waals surface area contributed by atoms with Gasteiger partial charge in [-0.15, -0.1) is 0 Å². The first-order chi connectivity index (χ1) is 10.1. The van der Waals surface area contributed by atoms with Crippen LogP contribution in [0.1, 0.15) is 5.56 Å². The molecule has 0 amide bonds. The maximum Gasteiger partial charge on any atom is 0.147 e. The monoisotopic (exact) mass is 285 g/mol. The van der Waals surface area contributed by atoms with Crippen molar-refractivity contribution in [2.45, 2.75) is 6.92 Å². The SMILES string of the molecule is Cc1cc(F)c(Nc2ccc(N)c3ncccc23)cc1F. The summed E-state index contributed by atoms with van der Waals surface area (Å²) in [7, 11) is 0. The summed E-state index contributed by atoms with van der Waals surface area (Å²) in [6, 6.07) is 9.29. The quantitative estimate of drug-likeness (QED) is 0.695. The van der Waals surface area contributed by atoms with E-state index < -0.39 is 11.6 Å². The van der Waals surface area contributed by atoms with Gasteiger partial charge in [0.05, 0.1) is 16.9 Å². The molecular formula is C16H13F2N3. The summed E-state index contributed by atoms with van der Waals surface area (Å²) in [5.41, 5.74) is 7.99. The number of aryl methyl sites for hydroxylation is 1. The number of benzene rings is 2. The lowest BCUT2D eigenvalue weighted by molar-refractivity contribution is 0.596. The third-order valence-corrected chi connectivity index (χ3v) is 3.32. The predicted octanol–water partition coefficient (Wildman–Crippen LogP) is 4.15. The van der Waals surface area contributed by atoms with Gasteiger partial charge < -0.3 is 11.1 Å². The zero-order valence-electron chi connectivity index (χ0n) is 11.3. The number of hydrogen-bond donors (Lipinski definition) is 2. The van der Waals surface area contributed by atoms with Crippen LogP contribution in [0.5, 0.6) is 0 Å². The van der Waals surface area contributed by atoms with Crippen LogP contribution >= 0.6 is 0 Å². The highest BCUT2D eigenvalue weighted by molar-refractivity contribution is 5.99. The first-order valence-electron chi connectivity index (χ1n) is 6.42. The molecule has 0 spiro atoms. The zero-order chi connectivity index (χ0) is 15.0. The summed E-state index contributed by atoms with van der Waals surface area (Å²) >= 11 is 0. The van der Waals surface area contributed by atoms with Gasteiger partial charge in [-0.3, -0.25) is 4.98 Å². The third-order valence-electron chi connectivity index (χ3n) is 3.32. The Hall–Kier alpha value is -2.69. The number of pyridine rings is 1. The van der Waals surface area contributed by atoms with E-state index in [0.29, 0.717) is 16.9 Å². The number of anilines is 3. The van der Waals surface area contributed by atoms with E-state index in [4.69, 9.17) is 5.73 Å². The molecule has 21 heavy (non-hydrogen) atoms. The second-order valence-electron chi connectivity index (χ2n) is 4.81. The number of hydrogen-bond acceptors (Lipinski definition) is 3. The Morgan fingerprint density at radius 1 is 1.05 bits per heavy atom. The number of nitrogens with two attached hydrogens (primary N) is 1. The predicted molar refractivity (Wildman–Crippen MR) is 80.5 cm³/mol. The van der Waals surface area contributed by atoms with Gasteiger partial charge in [-0.1, -0.05) is 0 Å². The number of nitrogen functional groups attached to an aromatic ring is 1. The van der Waals surface area contributed by atoms with Crippen LogP contribution in [0.4, 0.5) is 25.8 Å². The molecule has 3 rings (SSSR count). The summed E-state index contributed by atoms with van der Waals surface area (Å²) < 4.78 is 27.5. The summed E-state index contributed by atoms with van der Waals surface area (Å²) in [6.45, 7) is 1.52. The molecular weight excluding hydrogens is 272 g/mol. The molecule has 1 aromatic heterocycles. The van der Waals surface area contributed by atoms with Crippen molar-refractivity contribution >= 4 is 28.0 Å². The molecule has 0 saturated heterocycles. The Morgan fingerprint density at radius 3 is 2.67 bits per heavy atom. The van der Waals surface area contributed by atoms with Crippen molar-refractivity contribution in [3.8, 4) is 0 Å². The number of halogens is 2. The van der Waals surface area contributed by atoms with Crippen molar-refractivity contribution in [1.82, 2.24) is 4.98 Å². The van der Waals surface area contributed by atoms with E-state index >= 15 is 0 Å². The molecule has 3 N–H and O–H groups in total. The third kappa shape index (κ3) is 2.38. The second-order valence-corrected chi connectivity index (χ2v) is 4.81. The molecule has 0 radical (unpaired) electrons. The van der Waals surface area contributed by atoms with E-state index in [1.54, 1.807) is 24.4 Å². The fraction of sp³-hybridized carbons (Fsp3) is 0.0625. The van der Waals surface area contributed by atoms with Gasteiger partial charge >= 0.3 is 0 Å². The number of aromatic nitrogens is 1. The largest absolute Gasteiger partial charge is 0.397 e. The molecule has 5 heteroatoms. The second kappa shape index (κ2) is 5.01. The first-order valence-corrected chi connectivity index (χ1v) is 6.42. The molecule has 0 saturated carbocycles. The molecule has 0 fully saturated rings. The summed E-state index contributed by atoms with van der Waals surface area (Å²) in [4.78, 5) is 4.20. The number of fused-ring (bicyclic) bond motifs is 1. The van der Waals surface area contributed by atoms with Crippen LogP contribution in [0.3, 0.4) is 0 Å². The molecule has 0 aliphatic rings. The van der Waals surface area contributed by atoms with E-state index in [1.807, 2.05) is 6.07 Å². The van der Waals surface area contributed by atoms with Gasteiger partial charge in [0.15, 0.2) is 0 Å². The van der Waals surface area contributed by atoms with Crippen LogP contribution in [0.25, 0.3) is 10.9 Å². The van der Waals surface area contributed by atoms with Crippen LogP contribution in [0.2, 0.25) is 0 Å². The maximum absolute atomic E-state index is 13.9. The molecule has 2 aromatic carbocycles. The van der Waals surface area contributed by atoms with Gasteiger partial charge in [0.2, 0.25) is 0 Å². The van der Waals surface area contributed by atoms with E-state index in [0.717, 1.165) is 17.5 Å². The molecule has 0 bridgehead atoms. The zero-order valence-corrected chi connectivity index (χ0v) is 11.3. The average molecular weight is 285 g/mol. The molecule has 1 heterocycles. The van der Waals surface area contributed by atoms with Crippen molar-refractivity contribution in [3.63, 3.8) is 0 Å². The van der Waals surface area contributed by atoms with Crippen molar-refractivity contribution in [2.24, 2.45) is 0 Å². The van der Waals surface area contributed by atoms with Crippen molar-refractivity contribution in [3.05, 3.63) is 59.8 Å². The lowest BCUT2D eigenvalue weighted by Crippen LogP contribution is -1.99. The average Bonchev–Trinajstić information content (AvgIpc) is 2.48. The van der Waals surface area contributed by atoms with Gasteiger partial charge in [0.1, 0.15) is 11.6 Å². The summed E-state index contributed by atoms with van der Waals surface area (Å²) in [5, 5.41) is 3.65. The van der Waals surface area contributed by atoms with Gasteiger partial charge in [-0.05, 0) is 42.8 Å². The Labute approximate surface area is 120 Å². The molecule has 3 nitrogen and oxygen atoms in total. The molecule has 0 unspecified atom stereocenters. The molecule has 0 atom stereocenters. The maximum atomic E-state index is 13.9. The van der Waals surface area contributed by atoms with Crippen molar-refractivity contribution in [1.29, 1.82) is 0 Å². The van der Waals surface area contributed by atoms with Crippen molar-refractivity contribution in [2.75, 3.05) is 11.1 Å². The minimum Gasteiger partial charge on any atom is -0.397 e. The Morgan fingerprint density at radius 2 is 1.86 bits per heavy atom. The highest BCUT2D eigenvalue weighted by Gasteiger charge is 2.10. The number of nitrogens with one attached hydrogen (secondary N) is 1. The van der Waals surface area contributed by atoms with Crippen LogP contribution in [-0.2, 0) is 0 Å². The number of rotatable bonds is 2. The van der Waals surface area contributed by atoms with E-state index in [-0.39, 0.29) is 11.3 Å². The van der Waals surface area contributed by atoms with Gasteiger partial charge in [-0.2, -0.15) is 0 Å². The topological polar surface area (TPSA) is 50.9 Å². The van der Waals surface area contributed by atoms with Crippen LogP contribution < -0.4 is 11.1 Å². The summed E-state index contributed by atoms with van der Waals surface area (Å²) in [6.07, 6.45) is 1.63. The highest BCUT2D eigenvalue weighted by atomic mass is 19.1. The Bertz CT molecular complexity index is 831. The van der Waals surface area contributed by atoms with Crippen molar-refractivity contribution < 1.29 is 8.78 Å². The van der Waals surface area contributed by atoms with E-state index in [2.05, 4.69) is 10.3 Å². The minimum absolute atomic E-state index is 0.0769. The minimum atomic E-state index is -0.511. The van der Waals surface area contributed by atoms with E-state index in [1.165, 1.54) is 6.92 Å². The number of nitrogens with zero attached hydrogens (tertiary/aromatic N) is 1. The van der Waals surface area contributed by atoms with Gasteiger partial charge in [0.25, 0.3) is 0 Å². The molecule has 3 aromatic rings. The van der Waals surface area contributed by atoms with E-state index in [9.17, 15) is 8.78 Å². The first kappa shape index (κ1) is 13.3. The fourth-order valence-electron chi connectivity index (χ4n) is 2.19. The van der Waals surface area contributed by atoms with Gasteiger partial charge in [0, 0.05) is 23.3 Å². The standard InChI is InChI=1S/C16H13F2N3/c1-9-7-12(18)15(8-11(9)17)21-14-5-4-13(19)16-10(14)3-2-6-20-16/h2-8,21H,19H2,1H3. The Balaban J connectivity index is 2.11. The van der Waals surface area contributed by atoms with Crippen LogP contribution in [-0.4, -0.2) is 4.98 Å². The highest BCUT2D eigenvalue weighted by Crippen LogP contribution is 2.30. The molecule has 0 aliphatic heterocycles. The normalized spacial score (nSPS) is 10.8. The smallest absolute Gasteiger partial charge is 0.147 e. The Kier molecular flexibility index (Phi) is 3.17. The van der Waals surface area contributed by atoms with Crippen LogP contribution in [0.15, 0.2) is 42.6 Å². The summed E-state index contributed by atoms with van der Waals surface area (Å²) in [5.74, 6) is -0.973.